The molecule has 21 heavy (non-hydrogen) atoms. The van der Waals surface area contributed by atoms with Crippen molar-refractivity contribution >= 4 is 15.9 Å². The highest BCUT2D eigenvalue weighted by atomic mass is 79.9. The third-order valence-corrected chi connectivity index (χ3v) is 5.89. The van der Waals surface area contributed by atoms with Crippen LogP contribution in [-0.4, -0.2) is 5.60 Å². The van der Waals surface area contributed by atoms with Crippen LogP contribution < -0.4 is 4.74 Å². The quantitative estimate of drug-likeness (QED) is 0.589. The van der Waals surface area contributed by atoms with Gasteiger partial charge in [0.25, 0.3) is 0 Å². The molecule has 0 saturated carbocycles. The molecule has 0 N–H and O–H groups in total. The topological polar surface area (TPSA) is 9.23 Å². The molecule has 1 aliphatic heterocycles. The standard InChI is InChI=1S/C19H27BrO/c1-12(2)8-7-10-19(6)11-9-16-17(20)14(4)13(3)15(5)18(16)21-19/h8H,7,9-11H2,1-6H3. The molecule has 0 aliphatic carbocycles. The van der Waals surface area contributed by atoms with Crippen LogP contribution in [0.4, 0.5) is 0 Å². The lowest BCUT2D eigenvalue weighted by Crippen LogP contribution is -2.36. The van der Waals surface area contributed by atoms with Crippen LogP contribution >= 0.6 is 15.9 Å². The molecule has 1 aromatic carbocycles. The van der Waals surface area contributed by atoms with Gasteiger partial charge in [0, 0.05) is 10.0 Å². The first-order valence-corrected chi connectivity index (χ1v) is 8.65. The average Bonchev–Trinajstić information content (AvgIpc) is 2.42. The Bertz CT molecular complexity index is 582. The van der Waals surface area contributed by atoms with Crippen LogP contribution in [0.1, 0.15) is 62.3 Å². The molecule has 116 valence electrons. The fourth-order valence-corrected chi connectivity index (χ4v) is 3.73. The van der Waals surface area contributed by atoms with Gasteiger partial charge in [-0.25, -0.2) is 0 Å². The number of rotatable bonds is 3. The van der Waals surface area contributed by atoms with E-state index in [0.29, 0.717) is 0 Å². The van der Waals surface area contributed by atoms with E-state index in [1.807, 2.05) is 0 Å². The molecule has 0 radical (unpaired) electrons. The fraction of sp³-hybridized carbons (Fsp3) is 0.579. The second-order valence-corrected chi connectivity index (χ2v) is 7.66. The first-order valence-electron chi connectivity index (χ1n) is 7.85. The Balaban J connectivity index is 2.30. The van der Waals surface area contributed by atoms with Crippen molar-refractivity contribution in [3.05, 3.63) is 38.4 Å². The lowest BCUT2D eigenvalue weighted by Gasteiger charge is -2.38. The van der Waals surface area contributed by atoms with Gasteiger partial charge in [-0.3, -0.25) is 0 Å². The first kappa shape index (κ1) is 16.6. The first-order chi connectivity index (χ1) is 9.75. The lowest BCUT2D eigenvalue weighted by atomic mass is 9.86. The van der Waals surface area contributed by atoms with E-state index in [0.717, 1.165) is 31.4 Å². The van der Waals surface area contributed by atoms with Crippen LogP contribution in [0, 0.1) is 20.8 Å². The molecule has 2 heteroatoms. The van der Waals surface area contributed by atoms with Crippen molar-refractivity contribution in [2.24, 2.45) is 0 Å². The minimum absolute atomic E-state index is 0.0369. The van der Waals surface area contributed by atoms with E-state index < -0.39 is 0 Å². The smallest absolute Gasteiger partial charge is 0.127 e. The molecule has 1 atom stereocenters. The molecule has 1 heterocycles. The third kappa shape index (κ3) is 3.36. The number of hydrogen-bond acceptors (Lipinski definition) is 1. The van der Waals surface area contributed by atoms with E-state index in [1.165, 1.54) is 32.3 Å². The van der Waals surface area contributed by atoms with Crippen LogP contribution in [-0.2, 0) is 6.42 Å². The molecular formula is C19H27BrO. The minimum Gasteiger partial charge on any atom is -0.487 e. The number of hydrogen-bond donors (Lipinski definition) is 0. The number of halogens is 1. The fourth-order valence-electron chi connectivity index (χ4n) is 3.06. The van der Waals surface area contributed by atoms with E-state index >= 15 is 0 Å². The average molecular weight is 351 g/mol. The molecule has 0 saturated heterocycles. The second-order valence-electron chi connectivity index (χ2n) is 6.87. The van der Waals surface area contributed by atoms with E-state index in [4.69, 9.17) is 4.74 Å². The number of ether oxygens (including phenoxy) is 1. The van der Waals surface area contributed by atoms with Gasteiger partial charge in [-0.15, -0.1) is 0 Å². The highest BCUT2D eigenvalue weighted by molar-refractivity contribution is 9.10. The molecule has 1 aromatic rings. The Hall–Kier alpha value is -0.760. The minimum atomic E-state index is -0.0369. The SMILES string of the molecule is CC(C)=CCCC1(C)CCc2c(Br)c(C)c(C)c(C)c2O1. The molecule has 0 spiro atoms. The molecular weight excluding hydrogens is 324 g/mol. The summed E-state index contributed by atoms with van der Waals surface area (Å²) in [6.07, 6.45) is 6.69. The number of benzene rings is 1. The summed E-state index contributed by atoms with van der Waals surface area (Å²) in [7, 11) is 0. The summed E-state index contributed by atoms with van der Waals surface area (Å²) >= 11 is 3.77. The predicted octanol–water partition coefficient (Wildman–Crippen LogP) is 6.20. The molecule has 0 aromatic heterocycles. The Morgan fingerprint density at radius 1 is 1.19 bits per heavy atom. The van der Waals surface area contributed by atoms with Gasteiger partial charge in [0.05, 0.1) is 0 Å². The number of allylic oxidation sites excluding steroid dienone is 2. The highest BCUT2D eigenvalue weighted by Crippen LogP contribution is 2.44. The van der Waals surface area contributed by atoms with Crippen LogP contribution in [0.2, 0.25) is 0 Å². The maximum Gasteiger partial charge on any atom is 0.127 e. The molecule has 1 nitrogen and oxygen atoms in total. The van der Waals surface area contributed by atoms with Crippen LogP contribution in [0.3, 0.4) is 0 Å². The van der Waals surface area contributed by atoms with Crippen LogP contribution in [0.15, 0.2) is 16.1 Å². The van der Waals surface area contributed by atoms with Crippen molar-refractivity contribution < 1.29 is 4.74 Å². The summed E-state index contributed by atoms with van der Waals surface area (Å²) in [6, 6.07) is 0. The summed E-state index contributed by atoms with van der Waals surface area (Å²) < 4.78 is 7.73. The molecule has 0 amide bonds. The highest BCUT2D eigenvalue weighted by Gasteiger charge is 2.33. The van der Waals surface area contributed by atoms with Gasteiger partial charge in [-0.1, -0.05) is 27.6 Å². The van der Waals surface area contributed by atoms with Gasteiger partial charge in [-0.2, -0.15) is 0 Å². The van der Waals surface area contributed by atoms with Crippen molar-refractivity contribution in [1.29, 1.82) is 0 Å². The zero-order valence-electron chi connectivity index (χ0n) is 14.2. The summed E-state index contributed by atoms with van der Waals surface area (Å²) in [6.45, 7) is 13.1. The van der Waals surface area contributed by atoms with Gasteiger partial charge in [0.1, 0.15) is 11.4 Å². The van der Waals surface area contributed by atoms with Gasteiger partial charge in [0.15, 0.2) is 0 Å². The van der Waals surface area contributed by atoms with E-state index in [2.05, 4.69) is 63.5 Å². The Morgan fingerprint density at radius 2 is 1.86 bits per heavy atom. The van der Waals surface area contributed by atoms with Crippen molar-refractivity contribution in [2.75, 3.05) is 0 Å². The van der Waals surface area contributed by atoms with Crippen LogP contribution in [0.5, 0.6) is 5.75 Å². The van der Waals surface area contributed by atoms with Crippen molar-refractivity contribution in [3.63, 3.8) is 0 Å². The zero-order chi connectivity index (χ0) is 15.8. The van der Waals surface area contributed by atoms with Gasteiger partial charge in [0.2, 0.25) is 0 Å². The summed E-state index contributed by atoms with van der Waals surface area (Å²) in [4.78, 5) is 0. The Labute approximate surface area is 137 Å². The van der Waals surface area contributed by atoms with Crippen LogP contribution in [0.25, 0.3) is 0 Å². The normalized spacial score (nSPS) is 20.7. The second kappa shape index (κ2) is 6.16. The van der Waals surface area contributed by atoms with Gasteiger partial charge < -0.3 is 4.74 Å². The molecule has 1 unspecified atom stereocenters. The maximum absolute atomic E-state index is 6.49. The predicted molar refractivity (Wildman–Crippen MR) is 94.4 cm³/mol. The third-order valence-electron chi connectivity index (χ3n) is 4.81. The summed E-state index contributed by atoms with van der Waals surface area (Å²) in [5.41, 5.74) is 6.71. The number of fused-ring (bicyclic) bond motifs is 1. The zero-order valence-corrected chi connectivity index (χ0v) is 15.8. The largest absolute Gasteiger partial charge is 0.487 e. The summed E-state index contributed by atoms with van der Waals surface area (Å²) in [5.74, 6) is 1.12. The van der Waals surface area contributed by atoms with Crippen molar-refractivity contribution in [1.82, 2.24) is 0 Å². The van der Waals surface area contributed by atoms with E-state index in [9.17, 15) is 0 Å². The lowest BCUT2D eigenvalue weighted by molar-refractivity contribution is 0.0559. The summed E-state index contributed by atoms with van der Waals surface area (Å²) in [5, 5.41) is 0. The van der Waals surface area contributed by atoms with Crippen molar-refractivity contribution in [3.8, 4) is 5.75 Å². The van der Waals surface area contributed by atoms with Crippen molar-refractivity contribution in [2.45, 2.75) is 72.8 Å². The molecule has 1 aliphatic rings. The Morgan fingerprint density at radius 3 is 2.48 bits per heavy atom. The maximum atomic E-state index is 6.49. The molecule has 0 bridgehead atoms. The van der Waals surface area contributed by atoms with Gasteiger partial charge >= 0.3 is 0 Å². The molecule has 0 fully saturated rings. The molecule has 2 rings (SSSR count). The Kier molecular flexibility index (Phi) is 4.87. The van der Waals surface area contributed by atoms with Gasteiger partial charge in [-0.05, 0) is 83.9 Å². The van der Waals surface area contributed by atoms with E-state index in [-0.39, 0.29) is 5.60 Å². The van der Waals surface area contributed by atoms with E-state index in [1.54, 1.807) is 0 Å². The monoisotopic (exact) mass is 350 g/mol.